The van der Waals surface area contributed by atoms with E-state index >= 15 is 0 Å². The molecule has 0 spiro atoms. The van der Waals surface area contributed by atoms with Crippen LogP contribution in [0.2, 0.25) is 0 Å². The quantitative estimate of drug-likeness (QED) is 0.831. The average Bonchev–Trinajstić information content (AvgIpc) is 2.72. The molecule has 19 heavy (non-hydrogen) atoms. The van der Waals surface area contributed by atoms with E-state index in [0.717, 1.165) is 5.56 Å². The number of rotatable bonds is 1. The van der Waals surface area contributed by atoms with Crippen LogP contribution < -0.4 is 10.2 Å². The SMILES string of the molecule is Cc1cccc(N2C(=O)NC3COCC3(C)C2=O)c1. The highest BCUT2D eigenvalue weighted by atomic mass is 16.5. The Balaban J connectivity index is 2.02. The van der Waals surface area contributed by atoms with Gasteiger partial charge in [-0.15, -0.1) is 0 Å². The third-order valence-electron chi connectivity index (χ3n) is 3.91. The maximum atomic E-state index is 12.6. The van der Waals surface area contributed by atoms with Crippen LogP contribution in [-0.4, -0.2) is 31.2 Å². The van der Waals surface area contributed by atoms with Crippen molar-refractivity contribution in [2.45, 2.75) is 19.9 Å². The van der Waals surface area contributed by atoms with Gasteiger partial charge in [-0.25, -0.2) is 9.69 Å². The molecule has 0 radical (unpaired) electrons. The van der Waals surface area contributed by atoms with Crippen molar-refractivity contribution < 1.29 is 14.3 Å². The lowest BCUT2D eigenvalue weighted by atomic mass is 9.82. The van der Waals surface area contributed by atoms with Crippen molar-refractivity contribution >= 4 is 17.6 Å². The molecule has 100 valence electrons. The minimum Gasteiger partial charge on any atom is -0.378 e. The summed E-state index contributed by atoms with van der Waals surface area (Å²) in [6, 6.07) is 6.77. The molecule has 1 N–H and O–H groups in total. The van der Waals surface area contributed by atoms with Gasteiger partial charge < -0.3 is 10.1 Å². The highest BCUT2D eigenvalue weighted by Gasteiger charge is 2.54. The molecular formula is C14H16N2O3. The van der Waals surface area contributed by atoms with Crippen LogP contribution in [0.4, 0.5) is 10.5 Å². The summed E-state index contributed by atoms with van der Waals surface area (Å²) in [5.74, 6) is -0.190. The van der Waals surface area contributed by atoms with E-state index < -0.39 is 5.41 Å². The fourth-order valence-electron chi connectivity index (χ4n) is 2.65. The second-order valence-corrected chi connectivity index (χ2v) is 5.41. The van der Waals surface area contributed by atoms with Crippen LogP contribution in [0.3, 0.4) is 0 Å². The number of imide groups is 1. The molecule has 1 aromatic rings. The normalized spacial score (nSPS) is 30.2. The lowest BCUT2D eigenvalue weighted by Gasteiger charge is -2.39. The molecule has 3 rings (SSSR count). The van der Waals surface area contributed by atoms with Gasteiger partial charge in [0.05, 0.1) is 30.4 Å². The van der Waals surface area contributed by atoms with E-state index in [0.29, 0.717) is 18.9 Å². The van der Waals surface area contributed by atoms with Crippen molar-refractivity contribution in [2.75, 3.05) is 18.1 Å². The fourth-order valence-corrected chi connectivity index (χ4v) is 2.65. The molecule has 3 amide bonds. The molecule has 2 aliphatic heterocycles. The Morgan fingerprint density at radius 1 is 1.42 bits per heavy atom. The fraction of sp³-hybridized carbons (Fsp3) is 0.429. The van der Waals surface area contributed by atoms with Crippen LogP contribution in [0.5, 0.6) is 0 Å². The molecule has 2 aliphatic rings. The number of fused-ring (bicyclic) bond motifs is 1. The summed E-state index contributed by atoms with van der Waals surface area (Å²) >= 11 is 0. The highest BCUT2D eigenvalue weighted by Crippen LogP contribution is 2.36. The zero-order valence-corrected chi connectivity index (χ0v) is 11.0. The van der Waals surface area contributed by atoms with Crippen molar-refractivity contribution in [1.82, 2.24) is 5.32 Å². The Morgan fingerprint density at radius 2 is 2.21 bits per heavy atom. The Labute approximate surface area is 111 Å². The Morgan fingerprint density at radius 3 is 2.95 bits per heavy atom. The zero-order valence-electron chi connectivity index (χ0n) is 11.0. The summed E-state index contributed by atoms with van der Waals surface area (Å²) in [5, 5.41) is 2.86. The number of hydrogen-bond donors (Lipinski definition) is 1. The maximum Gasteiger partial charge on any atom is 0.329 e. The van der Waals surface area contributed by atoms with Crippen molar-refractivity contribution in [2.24, 2.45) is 5.41 Å². The Bertz CT molecular complexity index is 557. The molecule has 1 aromatic carbocycles. The van der Waals surface area contributed by atoms with Gasteiger partial charge in [-0.2, -0.15) is 0 Å². The molecule has 0 aliphatic carbocycles. The number of aryl methyl sites for hydroxylation is 1. The van der Waals surface area contributed by atoms with Crippen molar-refractivity contribution in [3.63, 3.8) is 0 Å². The Hall–Kier alpha value is -1.88. The van der Waals surface area contributed by atoms with Gasteiger partial charge in [-0.05, 0) is 31.5 Å². The number of ether oxygens (including phenoxy) is 1. The van der Waals surface area contributed by atoms with Gasteiger partial charge in [0.1, 0.15) is 0 Å². The number of nitrogens with one attached hydrogen (secondary N) is 1. The van der Waals surface area contributed by atoms with Crippen LogP contribution in [0.15, 0.2) is 24.3 Å². The lowest BCUT2D eigenvalue weighted by molar-refractivity contribution is -0.128. The topological polar surface area (TPSA) is 58.6 Å². The van der Waals surface area contributed by atoms with E-state index in [4.69, 9.17) is 4.74 Å². The maximum absolute atomic E-state index is 12.6. The van der Waals surface area contributed by atoms with E-state index in [9.17, 15) is 9.59 Å². The molecular weight excluding hydrogens is 244 g/mol. The number of nitrogens with zero attached hydrogens (tertiary/aromatic N) is 1. The highest BCUT2D eigenvalue weighted by molar-refractivity contribution is 6.18. The van der Waals surface area contributed by atoms with E-state index in [1.165, 1.54) is 4.90 Å². The summed E-state index contributed by atoms with van der Waals surface area (Å²) in [6.07, 6.45) is 0. The van der Waals surface area contributed by atoms with Crippen molar-refractivity contribution in [1.29, 1.82) is 0 Å². The number of amides is 3. The van der Waals surface area contributed by atoms with Gasteiger partial charge in [0.15, 0.2) is 0 Å². The van der Waals surface area contributed by atoms with Gasteiger partial charge in [0.2, 0.25) is 5.91 Å². The molecule has 2 fully saturated rings. The second-order valence-electron chi connectivity index (χ2n) is 5.41. The third-order valence-corrected chi connectivity index (χ3v) is 3.91. The van der Waals surface area contributed by atoms with Crippen LogP contribution in [0.25, 0.3) is 0 Å². The summed E-state index contributed by atoms with van der Waals surface area (Å²) in [5.41, 5.74) is 0.944. The zero-order chi connectivity index (χ0) is 13.6. The predicted molar refractivity (Wildman–Crippen MR) is 69.9 cm³/mol. The molecule has 2 heterocycles. The molecule has 2 unspecified atom stereocenters. The first kappa shape index (κ1) is 12.2. The number of carbonyl (C=O) groups is 2. The minimum absolute atomic E-state index is 0.190. The summed E-state index contributed by atoms with van der Waals surface area (Å²) in [7, 11) is 0. The molecule has 5 heteroatoms. The smallest absolute Gasteiger partial charge is 0.329 e. The van der Waals surface area contributed by atoms with Crippen molar-refractivity contribution in [3.05, 3.63) is 29.8 Å². The molecule has 0 aromatic heterocycles. The predicted octanol–water partition coefficient (Wildman–Crippen LogP) is 1.46. The van der Waals surface area contributed by atoms with E-state index in [1.807, 2.05) is 32.0 Å². The van der Waals surface area contributed by atoms with E-state index in [2.05, 4.69) is 5.32 Å². The van der Waals surface area contributed by atoms with E-state index in [-0.39, 0.29) is 18.0 Å². The molecule has 2 atom stereocenters. The average molecular weight is 260 g/mol. The minimum atomic E-state index is -0.669. The number of hydrogen-bond acceptors (Lipinski definition) is 3. The van der Waals surface area contributed by atoms with Gasteiger partial charge >= 0.3 is 6.03 Å². The monoisotopic (exact) mass is 260 g/mol. The van der Waals surface area contributed by atoms with Crippen molar-refractivity contribution in [3.8, 4) is 0 Å². The summed E-state index contributed by atoms with van der Waals surface area (Å²) < 4.78 is 5.36. The first-order valence-corrected chi connectivity index (χ1v) is 6.32. The molecule has 0 bridgehead atoms. The lowest BCUT2D eigenvalue weighted by Crippen LogP contribution is -2.65. The van der Waals surface area contributed by atoms with Crippen LogP contribution in [-0.2, 0) is 9.53 Å². The van der Waals surface area contributed by atoms with Crippen LogP contribution >= 0.6 is 0 Å². The van der Waals surface area contributed by atoms with Gasteiger partial charge in [0.25, 0.3) is 0 Å². The number of carbonyl (C=O) groups excluding carboxylic acids is 2. The van der Waals surface area contributed by atoms with Crippen LogP contribution in [0.1, 0.15) is 12.5 Å². The van der Waals surface area contributed by atoms with Gasteiger partial charge in [0, 0.05) is 0 Å². The summed E-state index contributed by atoms with van der Waals surface area (Å²) in [4.78, 5) is 26.0. The largest absolute Gasteiger partial charge is 0.378 e. The Kier molecular flexibility index (Phi) is 2.60. The summed E-state index contributed by atoms with van der Waals surface area (Å²) in [6.45, 7) is 4.52. The van der Waals surface area contributed by atoms with Gasteiger partial charge in [-0.3, -0.25) is 4.79 Å². The standard InChI is InChI=1S/C14H16N2O3/c1-9-4-3-5-10(6-9)16-12(17)14(2)8-19-7-11(14)15-13(16)18/h3-6,11H,7-8H2,1-2H3,(H,15,18). The van der Waals surface area contributed by atoms with Gasteiger partial charge in [-0.1, -0.05) is 12.1 Å². The number of urea groups is 1. The van der Waals surface area contributed by atoms with Crippen LogP contribution in [0, 0.1) is 12.3 Å². The second kappa shape index (κ2) is 4.06. The molecule has 0 saturated carbocycles. The van der Waals surface area contributed by atoms with E-state index in [1.54, 1.807) is 6.07 Å². The third kappa shape index (κ3) is 1.73. The molecule has 5 nitrogen and oxygen atoms in total. The first-order valence-electron chi connectivity index (χ1n) is 6.32. The first-order chi connectivity index (χ1) is 9.02. The number of benzene rings is 1. The molecule has 2 saturated heterocycles. The number of anilines is 1.